The Kier molecular flexibility index (Phi) is 8.18. The van der Waals surface area contributed by atoms with Crippen LogP contribution in [-0.2, 0) is 0 Å². The molecule has 0 radical (unpaired) electrons. The van der Waals surface area contributed by atoms with Gasteiger partial charge in [-0.3, -0.25) is 0 Å². The lowest BCUT2D eigenvalue weighted by atomic mass is 9.93. The number of hydrogen-bond acceptors (Lipinski definition) is 6. The van der Waals surface area contributed by atoms with Gasteiger partial charge in [0.2, 0.25) is 0 Å². The molecular weight excluding hydrogens is 769 g/mol. The highest BCUT2D eigenvalue weighted by molar-refractivity contribution is 7.26. The van der Waals surface area contributed by atoms with Crippen LogP contribution >= 0.6 is 22.7 Å². The van der Waals surface area contributed by atoms with Crippen molar-refractivity contribution < 1.29 is 0 Å². The Morgan fingerprint density at radius 1 is 0.300 bits per heavy atom. The van der Waals surface area contributed by atoms with Crippen LogP contribution < -0.4 is 0 Å². The van der Waals surface area contributed by atoms with Gasteiger partial charge >= 0.3 is 0 Å². The Morgan fingerprint density at radius 3 is 1.52 bits per heavy atom. The standard InChI is InChI=1S/C54H32N4S2/c1-3-15-33(16-4-1)52-56-53(34-17-5-2-6-18-34)58-54(57-52)38-22-12-21-37(32-38)49-51-48(43-24-8-10-30-46(43)60-51)47-39(25-14-28-44(47)55-49)35-19-11-20-36(31-35)40-26-13-27-42-41-23-7-9-29-45(41)59-50(40)42/h1-32H. The van der Waals surface area contributed by atoms with Crippen LogP contribution in [0.15, 0.2) is 194 Å². The fraction of sp³-hybridized carbons (Fsp3) is 0. The summed E-state index contributed by atoms with van der Waals surface area (Å²) < 4.78 is 5.02. The monoisotopic (exact) mass is 800 g/mol. The number of benzene rings is 8. The molecule has 0 unspecified atom stereocenters. The van der Waals surface area contributed by atoms with Gasteiger partial charge in [-0.15, -0.1) is 22.7 Å². The lowest BCUT2D eigenvalue weighted by Crippen LogP contribution is -2.00. The lowest BCUT2D eigenvalue weighted by Gasteiger charge is -2.13. The Labute approximate surface area is 353 Å². The van der Waals surface area contributed by atoms with Crippen molar-refractivity contribution in [2.75, 3.05) is 0 Å². The molecular formula is C54H32N4S2. The maximum atomic E-state index is 5.52. The largest absolute Gasteiger partial charge is 0.246 e. The minimum absolute atomic E-state index is 0.617. The summed E-state index contributed by atoms with van der Waals surface area (Å²) in [7, 11) is 0. The summed E-state index contributed by atoms with van der Waals surface area (Å²) >= 11 is 3.67. The number of thiophene rings is 2. The molecule has 0 atom stereocenters. The van der Waals surface area contributed by atoms with Gasteiger partial charge in [-0.05, 0) is 52.6 Å². The predicted octanol–water partition coefficient (Wildman–Crippen LogP) is 15.2. The molecule has 8 aromatic carbocycles. The molecule has 280 valence electrons. The van der Waals surface area contributed by atoms with Crippen LogP contribution in [0.25, 0.3) is 119 Å². The van der Waals surface area contributed by atoms with E-state index in [0.717, 1.165) is 38.2 Å². The number of fused-ring (bicyclic) bond motifs is 8. The molecule has 0 bridgehead atoms. The normalized spacial score (nSPS) is 11.7. The van der Waals surface area contributed by atoms with Crippen molar-refractivity contribution in [3.05, 3.63) is 194 Å². The SMILES string of the molecule is c1ccc(-c2nc(-c3ccccc3)nc(-c3cccc(-c4nc5cccc(-c6cccc(-c7cccc8c7sc7ccccc78)c6)c5c5c4sc4ccccc45)c3)n2)cc1. The maximum absolute atomic E-state index is 5.52. The van der Waals surface area contributed by atoms with Crippen LogP contribution in [0.3, 0.4) is 0 Å². The van der Waals surface area contributed by atoms with Gasteiger partial charge in [-0.25, -0.2) is 19.9 Å². The van der Waals surface area contributed by atoms with Crippen LogP contribution in [0, 0.1) is 0 Å². The zero-order valence-electron chi connectivity index (χ0n) is 32.1. The molecule has 12 aromatic rings. The zero-order valence-corrected chi connectivity index (χ0v) is 33.7. The Balaban J connectivity index is 1.04. The fourth-order valence-corrected chi connectivity index (χ4v) is 11.0. The topological polar surface area (TPSA) is 51.6 Å². The van der Waals surface area contributed by atoms with Crippen molar-refractivity contribution in [2.45, 2.75) is 0 Å². The highest BCUT2D eigenvalue weighted by atomic mass is 32.1. The summed E-state index contributed by atoms with van der Waals surface area (Å²) in [5.74, 6) is 1.89. The number of aromatic nitrogens is 4. The van der Waals surface area contributed by atoms with E-state index < -0.39 is 0 Å². The molecule has 60 heavy (non-hydrogen) atoms. The third-order valence-electron chi connectivity index (χ3n) is 11.3. The summed E-state index contributed by atoms with van der Waals surface area (Å²) in [5, 5.41) is 6.25. The smallest absolute Gasteiger partial charge is 0.164 e. The number of rotatable bonds is 6. The lowest BCUT2D eigenvalue weighted by molar-refractivity contribution is 1.07. The Hall–Kier alpha value is -7.38. The van der Waals surface area contributed by atoms with Crippen LogP contribution in [0.2, 0.25) is 0 Å². The molecule has 0 spiro atoms. The summed E-state index contributed by atoms with van der Waals surface area (Å²) in [4.78, 5) is 20.5. The van der Waals surface area contributed by atoms with E-state index in [1.807, 2.05) is 72.0 Å². The van der Waals surface area contributed by atoms with Crippen molar-refractivity contribution in [2.24, 2.45) is 0 Å². The van der Waals surface area contributed by atoms with E-state index in [1.54, 1.807) is 11.3 Å². The average Bonchev–Trinajstić information content (AvgIpc) is 3.91. The first kappa shape index (κ1) is 34.6. The number of pyridine rings is 1. The van der Waals surface area contributed by atoms with Gasteiger partial charge in [0.15, 0.2) is 17.5 Å². The van der Waals surface area contributed by atoms with Gasteiger partial charge in [0.25, 0.3) is 0 Å². The van der Waals surface area contributed by atoms with Crippen molar-refractivity contribution in [3.63, 3.8) is 0 Å². The number of hydrogen-bond donors (Lipinski definition) is 0. The van der Waals surface area contributed by atoms with Crippen molar-refractivity contribution in [3.8, 4) is 67.7 Å². The third kappa shape index (κ3) is 5.80. The molecule has 4 heterocycles. The highest BCUT2D eigenvalue weighted by Crippen LogP contribution is 2.47. The van der Waals surface area contributed by atoms with E-state index in [1.165, 1.54) is 63.3 Å². The van der Waals surface area contributed by atoms with Gasteiger partial charge < -0.3 is 0 Å². The van der Waals surface area contributed by atoms with Gasteiger partial charge in [0.1, 0.15) is 0 Å². The fourth-order valence-electron chi connectivity index (χ4n) is 8.54. The van der Waals surface area contributed by atoms with E-state index >= 15 is 0 Å². The number of nitrogens with zero attached hydrogens (tertiary/aromatic N) is 4. The molecule has 12 rings (SSSR count). The second-order valence-corrected chi connectivity index (χ2v) is 17.0. The minimum atomic E-state index is 0.617. The van der Waals surface area contributed by atoms with Crippen LogP contribution in [0.1, 0.15) is 0 Å². The highest BCUT2D eigenvalue weighted by Gasteiger charge is 2.21. The summed E-state index contributed by atoms with van der Waals surface area (Å²) in [5.41, 5.74) is 10.5. The van der Waals surface area contributed by atoms with E-state index in [-0.39, 0.29) is 0 Å². The van der Waals surface area contributed by atoms with Crippen molar-refractivity contribution in [1.82, 2.24) is 19.9 Å². The first-order valence-electron chi connectivity index (χ1n) is 20.0. The van der Waals surface area contributed by atoms with Crippen LogP contribution in [0.4, 0.5) is 0 Å². The van der Waals surface area contributed by atoms with Gasteiger partial charge in [0.05, 0.1) is 15.9 Å². The molecule has 0 aliphatic heterocycles. The maximum Gasteiger partial charge on any atom is 0.164 e. The van der Waals surface area contributed by atoms with Gasteiger partial charge in [-0.2, -0.15) is 0 Å². The second kappa shape index (κ2) is 14.2. The molecule has 4 aromatic heterocycles. The predicted molar refractivity (Wildman–Crippen MR) is 254 cm³/mol. The molecule has 6 heteroatoms. The van der Waals surface area contributed by atoms with Gasteiger partial charge in [-0.1, -0.05) is 164 Å². The quantitative estimate of drug-likeness (QED) is 0.168. The van der Waals surface area contributed by atoms with Crippen molar-refractivity contribution >= 4 is 73.9 Å². The molecule has 0 aliphatic rings. The van der Waals surface area contributed by atoms with E-state index in [0.29, 0.717) is 17.5 Å². The first-order chi connectivity index (χ1) is 29.7. The molecule has 0 fully saturated rings. The van der Waals surface area contributed by atoms with Gasteiger partial charge in [0, 0.05) is 63.3 Å². The van der Waals surface area contributed by atoms with E-state index in [9.17, 15) is 0 Å². The third-order valence-corrected chi connectivity index (χ3v) is 13.7. The zero-order chi connectivity index (χ0) is 39.6. The van der Waals surface area contributed by atoms with Crippen LogP contribution in [-0.4, -0.2) is 19.9 Å². The first-order valence-corrected chi connectivity index (χ1v) is 21.6. The molecule has 0 N–H and O–H groups in total. The molecule has 0 amide bonds. The second-order valence-electron chi connectivity index (χ2n) is 14.9. The Morgan fingerprint density at radius 2 is 0.783 bits per heavy atom. The molecule has 4 nitrogen and oxygen atoms in total. The summed E-state index contributed by atoms with van der Waals surface area (Å²) in [6, 6.07) is 68.5. The molecule has 0 saturated carbocycles. The average molecular weight is 801 g/mol. The van der Waals surface area contributed by atoms with E-state index in [2.05, 4.69) is 133 Å². The summed E-state index contributed by atoms with van der Waals surface area (Å²) in [6.45, 7) is 0. The minimum Gasteiger partial charge on any atom is -0.246 e. The van der Waals surface area contributed by atoms with Crippen LogP contribution in [0.5, 0.6) is 0 Å². The van der Waals surface area contributed by atoms with Crippen molar-refractivity contribution in [1.29, 1.82) is 0 Å². The molecule has 0 saturated heterocycles. The summed E-state index contributed by atoms with van der Waals surface area (Å²) in [6.07, 6.45) is 0. The van der Waals surface area contributed by atoms with E-state index in [4.69, 9.17) is 19.9 Å². The molecule has 0 aliphatic carbocycles. The Bertz CT molecular complexity index is 3550.